The Morgan fingerprint density at radius 3 is 2.54 bits per heavy atom. The first-order chi connectivity index (χ1) is 13.3. The topological polar surface area (TPSA) is 78.3 Å². The molecule has 7 nitrogen and oxygen atoms in total. The Morgan fingerprint density at radius 2 is 1.86 bits per heavy atom. The molecule has 2 fully saturated rings. The van der Waals surface area contributed by atoms with Crippen molar-refractivity contribution >= 4 is 11.8 Å². The summed E-state index contributed by atoms with van der Waals surface area (Å²) in [7, 11) is 0. The Balaban J connectivity index is 1.47. The first-order valence-electron chi connectivity index (χ1n) is 9.19. The molecule has 4 heterocycles. The number of anilines is 2. The van der Waals surface area contributed by atoms with E-state index in [1.807, 2.05) is 4.90 Å². The highest BCUT2D eigenvalue weighted by molar-refractivity contribution is 5.38. The van der Waals surface area contributed by atoms with Gasteiger partial charge in [-0.05, 0) is 30.7 Å². The molecule has 1 N–H and O–H groups in total. The lowest BCUT2D eigenvalue weighted by atomic mass is 9.71. The zero-order chi connectivity index (χ0) is 19.8. The van der Waals surface area contributed by atoms with Crippen molar-refractivity contribution in [1.29, 1.82) is 0 Å². The van der Waals surface area contributed by atoms with Crippen molar-refractivity contribution in [1.82, 2.24) is 19.9 Å². The number of rotatable bonds is 2. The Kier molecular flexibility index (Phi) is 4.82. The van der Waals surface area contributed by atoms with E-state index in [0.29, 0.717) is 26.1 Å². The van der Waals surface area contributed by atoms with Gasteiger partial charge in [0.05, 0.1) is 12.3 Å². The number of alkyl halides is 3. The molecule has 1 spiro atoms. The fourth-order valence-electron chi connectivity index (χ4n) is 4.18. The van der Waals surface area contributed by atoms with Gasteiger partial charge in [-0.15, -0.1) is 0 Å². The van der Waals surface area contributed by atoms with E-state index in [-0.39, 0.29) is 11.4 Å². The average molecular weight is 394 g/mol. The highest BCUT2D eigenvalue weighted by Gasteiger charge is 2.42. The Hall–Kier alpha value is -2.49. The van der Waals surface area contributed by atoms with Gasteiger partial charge in [-0.2, -0.15) is 13.2 Å². The fraction of sp³-hybridized carbons (Fsp3) is 0.556. The van der Waals surface area contributed by atoms with Crippen molar-refractivity contribution in [3.63, 3.8) is 0 Å². The minimum Gasteiger partial charge on any atom is -0.391 e. The summed E-state index contributed by atoms with van der Waals surface area (Å²) in [6.07, 6.45) is 3.23. The van der Waals surface area contributed by atoms with Crippen LogP contribution in [0.4, 0.5) is 24.9 Å². The number of halogens is 3. The zero-order valence-corrected chi connectivity index (χ0v) is 15.2. The Labute approximate surface area is 160 Å². The van der Waals surface area contributed by atoms with Gasteiger partial charge in [0.2, 0.25) is 5.95 Å². The molecule has 10 heteroatoms. The predicted octanol–water partition coefficient (Wildman–Crippen LogP) is 2.14. The molecule has 2 aliphatic rings. The molecule has 0 saturated carbocycles. The van der Waals surface area contributed by atoms with Crippen LogP contribution in [0.5, 0.6) is 0 Å². The molecule has 4 rings (SSSR count). The van der Waals surface area contributed by atoms with Crippen LogP contribution < -0.4 is 9.80 Å². The monoisotopic (exact) mass is 394 g/mol. The number of β-amino-alcohol motifs (C(OH)–C–C–N with tert-alkyl or cyclic N) is 1. The molecular formula is C18H21F3N6O. The molecule has 0 amide bonds. The second-order valence-electron chi connectivity index (χ2n) is 7.53. The van der Waals surface area contributed by atoms with Crippen LogP contribution in [0.15, 0.2) is 30.9 Å². The molecule has 1 atom stereocenters. The highest BCUT2D eigenvalue weighted by atomic mass is 19.4. The molecule has 28 heavy (non-hydrogen) atoms. The third kappa shape index (κ3) is 3.87. The van der Waals surface area contributed by atoms with Crippen LogP contribution in [0.1, 0.15) is 25.0 Å². The smallest absolute Gasteiger partial charge is 0.391 e. The lowest BCUT2D eigenvalue weighted by molar-refractivity contribution is -0.141. The van der Waals surface area contributed by atoms with E-state index in [1.54, 1.807) is 23.5 Å². The van der Waals surface area contributed by atoms with Crippen LogP contribution in [0.25, 0.3) is 0 Å². The number of hydrogen-bond acceptors (Lipinski definition) is 7. The summed E-state index contributed by atoms with van der Waals surface area (Å²) in [6, 6.07) is 0.880. The normalized spacial score (nSPS) is 22.5. The summed E-state index contributed by atoms with van der Waals surface area (Å²) in [5, 5.41) is 10.4. The van der Waals surface area contributed by atoms with E-state index in [0.717, 1.165) is 37.5 Å². The second-order valence-corrected chi connectivity index (χ2v) is 7.53. The van der Waals surface area contributed by atoms with Crippen LogP contribution in [-0.4, -0.2) is 57.3 Å². The van der Waals surface area contributed by atoms with Gasteiger partial charge >= 0.3 is 6.18 Å². The van der Waals surface area contributed by atoms with E-state index < -0.39 is 18.0 Å². The molecule has 150 valence electrons. The summed E-state index contributed by atoms with van der Waals surface area (Å²) >= 11 is 0. The number of piperidine rings is 2. The van der Waals surface area contributed by atoms with E-state index in [9.17, 15) is 18.3 Å². The number of aliphatic hydroxyl groups excluding tert-OH is 1. The van der Waals surface area contributed by atoms with Gasteiger partial charge < -0.3 is 14.9 Å². The maximum atomic E-state index is 12.9. The number of aromatic nitrogens is 4. The van der Waals surface area contributed by atoms with Crippen molar-refractivity contribution in [3.8, 4) is 0 Å². The Bertz CT molecular complexity index is 810. The van der Waals surface area contributed by atoms with Crippen LogP contribution in [-0.2, 0) is 6.18 Å². The first kappa shape index (κ1) is 18.9. The molecule has 0 radical (unpaired) electrons. The number of nitrogens with zero attached hydrogens (tertiary/aromatic N) is 6. The van der Waals surface area contributed by atoms with Gasteiger partial charge in [0.1, 0.15) is 11.5 Å². The summed E-state index contributed by atoms with van der Waals surface area (Å²) in [5.41, 5.74) is -1.05. The van der Waals surface area contributed by atoms with Crippen molar-refractivity contribution < 1.29 is 18.3 Å². The third-order valence-corrected chi connectivity index (χ3v) is 5.54. The molecule has 2 aromatic rings. The molecule has 2 aliphatic heterocycles. The quantitative estimate of drug-likeness (QED) is 0.836. The summed E-state index contributed by atoms with van der Waals surface area (Å²) < 4.78 is 38.7. The molecule has 2 saturated heterocycles. The Morgan fingerprint density at radius 1 is 1.07 bits per heavy atom. The van der Waals surface area contributed by atoms with Crippen molar-refractivity contribution in [2.24, 2.45) is 5.41 Å². The van der Waals surface area contributed by atoms with E-state index in [4.69, 9.17) is 0 Å². The maximum Gasteiger partial charge on any atom is 0.433 e. The largest absolute Gasteiger partial charge is 0.433 e. The van der Waals surface area contributed by atoms with Crippen LogP contribution in [0.2, 0.25) is 0 Å². The number of hydrogen-bond donors (Lipinski definition) is 1. The zero-order valence-electron chi connectivity index (χ0n) is 15.2. The second kappa shape index (κ2) is 7.16. The minimum absolute atomic E-state index is 0.104. The maximum absolute atomic E-state index is 12.9. The van der Waals surface area contributed by atoms with Crippen molar-refractivity contribution in [2.45, 2.75) is 31.5 Å². The summed E-state index contributed by atoms with van der Waals surface area (Å²) in [5.74, 6) is 0.830. The predicted molar refractivity (Wildman–Crippen MR) is 95.8 cm³/mol. The molecule has 2 aromatic heterocycles. The van der Waals surface area contributed by atoms with E-state index in [1.165, 1.54) is 0 Å². The van der Waals surface area contributed by atoms with E-state index in [2.05, 4.69) is 19.9 Å². The SMILES string of the molecule is OC1CN(c2cnccn2)CC2(CCN(c3nccc(C(F)(F)F)n3)CC2)C1. The lowest BCUT2D eigenvalue weighted by Crippen LogP contribution is -2.54. The first-order valence-corrected chi connectivity index (χ1v) is 9.19. The minimum atomic E-state index is -4.49. The van der Waals surface area contributed by atoms with Crippen LogP contribution in [0.3, 0.4) is 0 Å². The van der Waals surface area contributed by atoms with Crippen LogP contribution in [0, 0.1) is 5.41 Å². The summed E-state index contributed by atoms with van der Waals surface area (Å²) in [6.45, 7) is 2.33. The standard InChI is InChI=1S/C18H21F3N6O/c19-18(20,21)14-1-4-24-16(25-14)26-7-2-17(3-8-26)9-13(28)11-27(12-17)15-10-22-5-6-23-15/h1,4-6,10,13,28H,2-3,7-9,11-12H2. The summed E-state index contributed by atoms with van der Waals surface area (Å²) in [4.78, 5) is 20.0. The fourth-order valence-corrected chi connectivity index (χ4v) is 4.18. The average Bonchev–Trinajstić information content (AvgIpc) is 2.68. The van der Waals surface area contributed by atoms with Gasteiger partial charge in [-0.3, -0.25) is 4.98 Å². The van der Waals surface area contributed by atoms with Gasteiger partial charge in [0.25, 0.3) is 0 Å². The molecule has 0 aliphatic carbocycles. The van der Waals surface area contributed by atoms with Gasteiger partial charge in [0.15, 0.2) is 0 Å². The van der Waals surface area contributed by atoms with Crippen molar-refractivity contribution in [3.05, 3.63) is 36.5 Å². The van der Waals surface area contributed by atoms with Gasteiger partial charge in [0, 0.05) is 44.8 Å². The lowest BCUT2D eigenvalue weighted by Gasteiger charge is -2.49. The van der Waals surface area contributed by atoms with E-state index >= 15 is 0 Å². The molecule has 0 aromatic carbocycles. The van der Waals surface area contributed by atoms with Crippen molar-refractivity contribution in [2.75, 3.05) is 36.0 Å². The molecular weight excluding hydrogens is 373 g/mol. The third-order valence-electron chi connectivity index (χ3n) is 5.54. The van der Waals surface area contributed by atoms with Crippen LogP contribution >= 0.6 is 0 Å². The van der Waals surface area contributed by atoms with Gasteiger partial charge in [-0.1, -0.05) is 0 Å². The molecule has 1 unspecified atom stereocenters. The molecule has 0 bridgehead atoms. The number of aliphatic hydroxyl groups is 1. The highest BCUT2D eigenvalue weighted by Crippen LogP contribution is 2.41. The van der Waals surface area contributed by atoms with Gasteiger partial charge in [-0.25, -0.2) is 15.0 Å².